The standard InChI is InChI=1S/C30H64N4O8/c1-10-25(3)27(5,36)28(6,37)29(7,38)30(8,42-25)40-23-24(2,41-26(4,22-35)39-9)21-34-20-14-19-33-17-12-11-16-32-18-13-15-31/h32-38H,10-23,31H2,1-9H3/t24?,25?,26-,27-,28-,29?,30-/m0/s1. The summed E-state index contributed by atoms with van der Waals surface area (Å²) >= 11 is 0. The van der Waals surface area contributed by atoms with Crippen LogP contribution in [0.3, 0.4) is 0 Å². The van der Waals surface area contributed by atoms with Crippen LogP contribution in [0.1, 0.15) is 87.5 Å². The molecule has 1 rings (SSSR count). The van der Waals surface area contributed by atoms with Crippen molar-refractivity contribution >= 4 is 0 Å². The maximum Gasteiger partial charge on any atom is 0.197 e. The Morgan fingerprint density at radius 2 is 1.31 bits per heavy atom. The van der Waals surface area contributed by atoms with Gasteiger partial charge in [0.1, 0.15) is 22.4 Å². The van der Waals surface area contributed by atoms with E-state index in [9.17, 15) is 20.4 Å². The fourth-order valence-electron chi connectivity index (χ4n) is 5.38. The van der Waals surface area contributed by atoms with Crippen molar-refractivity contribution < 1.29 is 39.4 Å². The van der Waals surface area contributed by atoms with Gasteiger partial charge >= 0.3 is 0 Å². The number of ether oxygens (including phenoxy) is 4. The zero-order chi connectivity index (χ0) is 32.3. The first kappa shape index (κ1) is 39.5. The van der Waals surface area contributed by atoms with Gasteiger partial charge in [0.05, 0.1) is 18.8 Å². The van der Waals surface area contributed by atoms with Gasteiger partial charge in [-0.1, -0.05) is 6.92 Å². The van der Waals surface area contributed by atoms with E-state index in [4.69, 9.17) is 24.7 Å². The number of nitrogens with one attached hydrogen (secondary N) is 3. The first-order chi connectivity index (χ1) is 19.4. The lowest BCUT2D eigenvalue weighted by atomic mass is 9.60. The third kappa shape index (κ3) is 9.27. The number of hydrogen-bond donors (Lipinski definition) is 8. The summed E-state index contributed by atoms with van der Waals surface area (Å²) in [5.74, 6) is -3.02. The zero-order valence-corrected chi connectivity index (χ0v) is 27.9. The summed E-state index contributed by atoms with van der Waals surface area (Å²) in [5, 5.41) is 54.7. The third-order valence-electron chi connectivity index (χ3n) is 9.46. The number of aliphatic hydroxyl groups is 4. The molecule has 42 heavy (non-hydrogen) atoms. The smallest absolute Gasteiger partial charge is 0.197 e. The number of methoxy groups -OCH3 is 1. The van der Waals surface area contributed by atoms with E-state index in [1.807, 2.05) is 13.8 Å². The summed E-state index contributed by atoms with van der Waals surface area (Å²) in [5.41, 5.74) is -2.56. The molecule has 0 aromatic heterocycles. The molecule has 0 saturated carbocycles. The number of unbranched alkanes of at least 4 members (excludes halogenated alkanes) is 1. The molecule has 0 aliphatic carbocycles. The van der Waals surface area contributed by atoms with Crippen LogP contribution in [0, 0.1) is 0 Å². The van der Waals surface area contributed by atoms with Gasteiger partial charge in [0.15, 0.2) is 11.6 Å². The zero-order valence-electron chi connectivity index (χ0n) is 27.9. The van der Waals surface area contributed by atoms with E-state index < -0.39 is 39.6 Å². The maximum atomic E-state index is 11.6. The third-order valence-corrected chi connectivity index (χ3v) is 9.46. The van der Waals surface area contributed by atoms with Crippen LogP contribution >= 0.6 is 0 Å². The molecule has 1 heterocycles. The van der Waals surface area contributed by atoms with E-state index in [0.29, 0.717) is 19.5 Å². The molecule has 0 bridgehead atoms. The summed E-state index contributed by atoms with van der Waals surface area (Å²) in [6, 6.07) is 0. The second kappa shape index (κ2) is 16.2. The van der Waals surface area contributed by atoms with E-state index in [1.165, 1.54) is 27.9 Å². The second-order valence-corrected chi connectivity index (χ2v) is 13.1. The van der Waals surface area contributed by atoms with Crippen molar-refractivity contribution in [1.82, 2.24) is 16.0 Å². The highest BCUT2D eigenvalue weighted by Crippen LogP contribution is 2.55. The van der Waals surface area contributed by atoms with Crippen LogP contribution in [0.2, 0.25) is 0 Å². The molecule has 0 aromatic rings. The van der Waals surface area contributed by atoms with Crippen molar-refractivity contribution in [2.24, 2.45) is 5.73 Å². The molecule has 1 fully saturated rings. The van der Waals surface area contributed by atoms with Crippen molar-refractivity contribution in [2.45, 2.75) is 127 Å². The molecule has 9 N–H and O–H groups in total. The topological polar surface area (TPSA) is 180 Å². The minimum Gasteiger partial charge on any atom is -0.391 e. The lowest BCUT2D eigenvalue weighted by molar-refractivity contribution is -0.459. The van der Waals surface area contributed by atoms with Gasteiger partial charge in [-0.05, 0) is 120 Å². The molecule has 0 radical (unpaired) electrons. The predicted octanol–water partition coefficient (Wildman–Crippen LogP) is 0.589. The van der Waals surface area contributed by atoms with Gasteiger partial charge in [0.25, 0.3) is 0 Å². The fraction of sp³-hybridized carbons (Fsp3) is 1.00. The Morgan fingerprint density at radius 1 is 0.786 bits per heavy atom. The van der Waals surface area contributed by atoms with Crippen LogP contribution in [-0.2, 0) is 18.9 Å². The average Bonchev–Trinajstić information content (AvgIpc) is 2.93. The molecule has 12 heteroatoms. The van der Waals surface area contributed by atoms with Gasteiger partial charge in [-0.2, -0.15) is 0 Å². The highest BCUT2D eigenvalue weighted by Gasteiger charge is 2.74. The fourth-order valence-corrected chi connectivity index (χ4v) is 5.38. The van der Waals surface area contributed by atoms with E-state index >= 15 is 0 Å². The van der Waals surface area contributed by atoms with Crippen molar-refractivity contribution in [2.75, 3.05) is 66.1 Å². The Balaban J connectivity index is 2.82. The predicted molar refractivity (Wildman–Crippen MR) is 164 cm³/mol. The van der Waals surface area contributed by atoms with E-state index in [2.05, 4.69) is 16.0 Å². The molecular weight excluding hydrogens is 544 g/mol. The molecule has 3 unspecified atom stereocenters. The van der Waals surface area contributed by atoms with Crippen molar-refractivity contribution in [1.29, 1.82) is 0 Å². The Labute approximate surface area is 254 Å². The minimum absolute atomic E-state index is 0.0822. The maximum absolute atomic E-state index is 11.6. The number of hydrogen-bond acceptors (Lipinski definition) is 12. The minimum atomic E-state index is -2.01. The number of rotatable bonds is 22. The van der Waals surface area contributed by atoms with E-state index in [0.717, 1.165) is 58.4 Å². The molecule has 7 atom stereocenters. The number of aliphatic hydroxyl groups excluding tert-OH is 1. The quantitative estimate of drug-likeness (QED) is 0.0634. The molecule has 1 saturated heterocycles. The lowest BCUT2D eigenvalue weighted by Crippen LogP contribution is -2.84. The Hall–Kier alpha value is -0.480. The Kier molecular flexibility index (Phi) is 15.2. The summed E-state index contributed by atoms with van der Waals surface area (Å²) in [4.78, 5) is 0. The van der Waals surface area contributed by atoms with Gasteiger partial charge in [-0.15, -0.1) is 0 Å². The van der Waals surface area contributed by atoms with Gasteiger partial charge in [-0.25, -0.2) is 0 Å². The van der Waals surface area contributed by atoms with Crippen LogP contribution in [0.25, 0.3) is 0 Å². The normalized spacial score (nSPS) is 34.7. The van der Waals surface area contributed by atoms with E-state index in [1.54, 1.807) is 20.8 Å². The van der Waals surface area contributed by atoms with E-state index in [-0.39, 0.29) is 13.2 Å². The SMILES string of the molecule is CCC1(C)O[C@](C)(OCC(C)(CNCCCNCCCCNCCCN)O[C@@](C)(CO)OC)C(C)(O)[C@@](C)(O)[C@@]1(C)O. The van der Waals surface area contributed by atoms with Crippen molar-refractivity contribution in [3.05, 3.63) is 0 Å². The molecule has 1 aliphatic rings. The Bertz CT molecular complexity index is 782. The molecule has 0 spiro atoms. The summed E-state index contributed by atoms with van der Waals surface area (Å²) in [7, 11) is 1.45. The Morgan fingerprint density at radius 3 is 1.81 bits per heavy atom. The first-order valence-electron chi connectivity index (χ1n) is 15.6. The summed E-state index contributed by atoms with van der Waals surface area (Å²) in [6.07, 6.45) is 4.48. The largest absolute Gasteiger partial charge is 0.391 e. The van der Waals surface area contributed by atoms with Gasteiger partial charge < -0.3 is 61.1 Å². The summed E-state index contributed by atoms with van der Waals surface area (Å²) < 4.78 is 24.3. The molecule has 252 valence electrons. The molecule has 1 aliphatic heterocycles. The van der Waals surface area contributed by atoms with Crippen molar-refractivity contribution in [3.8, 4) is 0 Å². The molecular formula is C30H64N4O8. The lowest BCUT2D eigenvalue weighted by Gasteiger charge is -2.65. The average molecular weight is 609 g/mol. The molecule has 12 nitrogen and oxygen atoms in total. The summed E-state index contributed by atoms with van der Waals surface area (Å²) in [6.45, 7) is 17.9. The molecule has 0 aromatic carbocycles. The van der Waals surface area contributed by atoms with Crippen LogP contribution in [-0.4, -0.2) is 126 Å². The van der Waals surface area contributed by atoms with Crippen LogP contribution in [0.4, 0.5) is 0 Å². The molecule has 0 amide bonds. The van der Waals surface area contributed by atoms with Crippen molar-refractivity contribution in [3.63, 3.8) is 0 Å². The van der Waals surface area contributed by atoms with Crippen LogP contribution in [0.15, 0.2) is 0 Å². The van der Waals surface area contributed by atoms with Crippen LogP contribution < -0.4 is 21.7 Å². The van der Waals surface area contributed by atoms with Gasteiger partial charge in [0.2, 0.25) is 0 Å². The van der Waals surface area contributed by atoms with Gasteiger partial charge in [0, 0.05) is 13.7 Å². The number of nitrogens with two attached hydrogens (primary N) is 1. The first-order valence-corrected chi connectivity index (χ1v) is 15.6. The highest BCUT2D eigenvalue weighted by molar-refractivity contribution is 5.21. The second-order valence-electron chi connectivity index (χ2n) is 13.1. The monoisotopic (exact) mass is 608 g/mol. The van der Waals surface area contributed by atoms with Gasteiger partial charge in [-0.3, -0.25) is 0 Å². The van der Waals surface area contributed by atoms with Crippen LogP contribution in [0.5, 0.6) is 0 Å². The highest BCUT2D eigenvalue weighted by atomic mass is 16.8.